The van der Waals surface area contributed by atoms with Crippen LogP contribution in [0, 0.1) is 11.8 Å². The average Bonchev–Trinajstić information content (AvgIpc) is 3.11. The number of nitrogens with one attached hydrogen (secondary N) is 1. The van der Waals surface area contributed by atoms with Crippen LogP contribution in [-0.4, -0.2) is 48.3 Å². The predicted octanol–water partition coefficient (Wildman–Crippen LogP) is 2.90. The number of ether oxygens (including phenoxy) is 1. The van der Waals surface area contributed by atoms with Gasteiger partial charge in [0.2, 0.25) is 0 Å². The molecule has 1 saturated heterocycles. The Kier molecular flexibility index (Phi) is 4.83. The molecule has 0 aromatic heterocycles. The summed E-state index contributed by atoms with van der Waals surface area (Å²) in [6.45, 7) is 18.1. The topological polar surface area (TPSA) is 24.5 Å². The van der Waals surface area contributed by atoms with Crippen molar-refractivity contribution in [2.75, 3.05) is 26.2 Å². The molecular formula is C17H34N2O. The van der Waals surface area contributed by atoms with Gasteiger partial charge in [0.15, 0.2) is 0 Å². The Labute approximate surface area is 125 Å². The first kappa shape index (κ1) is 16.3. The molecule has 1 heterocycles. The maximum Gasteiger partial charge on any atom is 0.0790 e. The van der Waals surface area contributed by atoms with E-state index in [1.165, 1.54) is 19.4 Å². The zero-order valence-electron chi connectivity index (χ0n) is 14.3. The van der Waals surface area contributed by atoms with E-state index in [0.29, 0.717) is 12.0 Å². The third kappa shape index (κ3) is 3.55. The van der Waals surface area contributed by atoms with Crippen LogP contribution in [0.5, 0.6) is 0 Å². The number of likely N-dealkylation sites (N-methyl/N-ethyl adjacent to an activating group) is 1. The lowest BCUT2D eigenvalue weighted by Gasteiger charge is -2.34. The SMILES string of the molecule is CCNC1C(CN(CC)CC2CC2)C(C)(C)OC1(C)C. The van der Waals surface area contributed by atoms with Gasteiger partial charge in [-0.2, -0.15) is 0 Å². The molecule has 1 aliphatic carbocycles. The second-order valence-electron chi connectivity index (χ2n) is 7.75. The van der Waals surface area contributed by atoms with Crippen LogP contribution in [0.4, 0.5) is 0 Å². The van der Waals surface area contributed by atoms with Crippen LogP contribution >= 0.6 is 0 Å². The molecule has 0 bridgehead atoms. The lowest BCUT2D eigenvalue weighted by molar-refractivity contribution is -0.0795. The summed E-state index contributed by atoms with van der Waals surface area (Å²) >= 11 is 0. The van der Waals surface area contributed by atoms with Crippen LogP contribution in [0.3, 0.4) is 0 Å². The molecule has 118 valence electrons. The van der Waals surface area contributed by atoms with Crippen molar-refractivity contribution in [2.24, 2.45) is 11.8 Å². The minimum absolute atomic E-state index is 0.0483. The molecule has 0 spiro atoms. The van der Waals surface area contributed by atoms with Crippen LogP contribution in [0.15, 0.2) is 0 Å². The Morgan fingerprint density at radius 3 is 2.20 bits per heavy atom. The Morgan fingerprint density at radius 2 is 1.70 bits per heavy atom. The summed E-state index contributed by atoms with van der Waals surface area (Å²) in [5, 5.41) is 3.69. The second kappa shape index (κ2) is 5.94. The van der Waals surface area contributed by atoms with Crippen LogP contribution in [0.2, 0.25) is 0 Å². The fourth-order valence-corrected chi connectivity index (χ4v) is 3.91. The van der Waals surface area contributed by atoms with Crippen molar-refractivity contribution >= 4 is 0 Å². The summed E-state index contributed by atoms with van der Waals surface area (Å²) in [6.07, 6.45) is 2.87. The second-order valence-corrected chi connectivity index (χ2v) is 7.75. The van der Waals surface area contributed by atoms with E-state index in [2.05, 4.69) is 51.8 Å². The van der Waals surface area contributed by atoms with Gasteiger partial charge in [0.05, 0.1) is 11.2 Å². The van der Waals surface area contributed by atoms with E-state index < -0.39 is 0 Å². The van der Waals surface area contributed by atoms with Crippen LogP contribution in [0.1, 0.15) is 54.4 Å². The first-order valence-corrected chi connectivity index (χ1v) is 8.46. The van der Waals surface area contributed by atoms with Crippen molar-refractivity contribution in [3.8, 4) is 0 Å². The normalized spacial score (nSPS) is 31.9. The van der Waals surface area contributed by atoms with Gasteiger partial charge in [0, 0.05) is 25.0 Å². The van der Waals surface area contributed by atoms with E-state index in [1.54, 1.807) is 0 Å². The lowest BCUT2D eigenvalue weighted by Crippen LogP contribution is -2.51. The molecule has 1 saturated carbocycles. The van der Waals surface area contributed by atoms with Gasteiger partial charge >= 0.3 is 0 Å². The van der Waals surface area contributed by atoms with E-state index in [-0.39, 0.29) is 11.2 Å². The highest BCUT2D eigenvalue weighted by atomic mass is 16.5. The maximum absolute atomic E-state index is 6.39. The fourth-order valence-electron chi connectivity index (χ4n) is 3.91. The first-order chi connectivity index (χ1) is 9.30. The third-order valence-electron chi connectivity index (χ3n) is 5.11. The van der Waals surface area contributed by atoms with E-state index in [9.17, 15) is 0 Å². The Hall–Kier alpha value is -0.120. The smallest absolute Gasteiger partial charge is 0.0790 e. The monoisotopic (exact) mass is 282 g/mol. The van der Waals surface area contributed by atoms with E-state index in [0.717, 1.165) is 25.6 Å². The number of hydrogen-bond acceptors (Lipinski definition) is 3. The van der Waals surface area contributed by atoms with Gasteiger partial charge in [-0.05, 0) is 59.5 Å². The predicted molar refractivity (Wildman–Crippen MR) is 85.0 cm³/mol. The minimum Gasteiger partial charge on any atom is -0.368 e. The molecular weight excluding hydrogens is 248 g/mol. The minimum atomic E-state index is -0.0802. The van der Waals surface area contributed by atoms with E-state index in [1.807, 2.05) is 0 Å². The number of nitrogens with zero attached hydrogens (tertiary/aromatic N) is 1. The highest BCUT2D eigenvalue weighted by Crippen LogP contribution is 2.43. The zero-order chi connectivity index (χ0) is 15.0. The molecule has 0 radical (unpaired) electrons. The van der Waals surface area contributed by atoms with Gasteiger partial charge in [-0.25, -0.2) is 0 Å². The molecule has 2 atom stereocenters. The summed E-state index contributed by atoms with van der Waals surface area (Å²) < 4.78 is 6.39. The summed E-state index contributed by atoms with van der Waals surface area (Å²) in [4.78, 5) is 2.64. The van der Waals surface area contributed by atoms with Crippen molar-refractivity contribution in [2.45, 2.75) is 71.6 Å². The molecule has 0 aromatic carbocycles. The fraction of sp³-hybridized carbons (Fsp3) is 1.00. The van der Waals surface area contributed by atoms with Gasteiger partial charge in [0.1, 0.15) is 0 Å². The van der Waals surface area contributed by atoms with Crippen LogP contribution < -0.4 is 5.32 Å². The summed E-state index contributed by atoms with van der Waals surface area (Å²) in [5.74, 6) is 1.52. The zero-order valence-corrected chi connectivity index (χ0v) is 14.3. The highest BCUT2D eigenvalue weighted by Gasteiger charge is 2.53. The lowest BCUT2D eigenvalue weighted by atomic mass is 9.82. The third-order valence-corrected chi connectivity index (χ3v) is 5.11. The first-order valence-electron chi connectivity index (χ1n) is 8.46. The molecule has 20 heavy (non-hydrogen) atoms. The number of rotatable bonds is 7. The van der Waals surface area contributed by atoms with Gasteiger partial charge < -0.3 is 15.0 Å². The van der Waals surface area contributed by atoms with Crippen molar-refractivity contribution in [1.82, 2.24) is 10.2 Å². The molecule has 0 amide bonds. The molecule has 3 nitrogen and oxygen atoms in total. The van der Waals surface area contributed by atoms with Gasteiger partial charge in [-0.15, -0.1) is 0 Å². The maximum atomic E-state index is 6.39. The Balaban J connectivity index is 2.07. The summed E-state index contributed by atoms with van der Waals surface area (Å²) in [7, 11) is 0. The van der Waals surface area contributed by atoms with Gasteiger partial charge in [-0.1, -0.05) is 13.8 Å². The quantitative estimate of drug-likeness (QED) is 0.777. The highest BCUT2D eigenvalue weighted by molar-refractivity contribution is 5.06. The molecule has 1 N–H and O–H groups in total. The summed E-state index contributed by atoms with van der Waals surface area (Å²) in [6, 6.07) is 0.441. The van der Waals surface area contributed by atoms with Crippen molar-refractivity contribution < 1.29 is 4.74 Å². The van der Waals surface area contributed by atoms with Gasteiger partial charge in [-0.3, -0.25) is 0 Å². The molecule has 1 aliphatic heterocycles. The molecule has 2 rings (SSSR count). The standard InChI is InChI=1S/C17H34N2O/c1-7-18-15-14(16(3,4)20-17(15,5)6)12-19(8-2)11-13-9-10-13/h13-15,18H,7-12H2,1-6H3. The molecule has 2 unspecified atom stereocenters. The Bertz CT molecular complexity index is 323. The number of hydrogen-bond donors (Lipinski definition) is 1. The largest absolute Gasteiger partial charge is 0.368 e. The van der Waals surface area contributed by atoms with Crippen molar-refractivity contribution in [3.63, 3.8) is 0 Å². The van der Waals surface area contributed by atoms with Crippen molar-refractivity contribution in [1.29, 1.82) is 0 Å². The molecule has 2 aliphatic rings. The summed E-state index contributed by atoms with van der Waals surface area (Å²) in [5.41, 5.74) is -0.128. The van der Waals surface area contributed by atoms with E-state index >= 15 is 0 Å². The molecule has 0 aromatic rings. The molecule has 3 heteroatoms. The van der Waals surface area contributed by atoms with Gasteiger partial charge in [0.25, 0.3) is 0 Å². The molecule has 2 fully saturated rings. The van der Waals surface area contributed by atoms with Crippen LogP contribution in [0.25, 0.3) is 0 Å². The van der Waals surface area contributed by atoms with Crippen molar-refractivity contribution in [3.05, 3.63) is 0 Å². The Morgan fingerprint density at radius 1 is 1.05 bits per heavy atom. The van der Waals surface area contributed by atoms with E-state index in [4.69, 9.17) is 4.74 Å². The average molecular weight is 282 g/mol. The van der Waals surface area contributed by atoms with Crippen LogP contribution in [-0.2, 0) is 4.74 Å².